The van der Waals surface area contributed by atoms with Crippen LogP contribution >= 0.6 is 0 Å². The number of aliphatic hydroxyl groups excluding tert-OH is 1. The van der Waals surface area contributed by atoms with Crippen molar-refractivity contribution in [2.45, 2.75) is 37.7 Å². The zero-order valence-electron chi connectivity index (χ0n) is 13.5. The Bertz CT molecular complexity index is 737. The van der Waals surface area contributed by atoms with Gasteiger partial charge in [-0.3, -0.25) is 0 Å². The van der Waals surface area contributed by atoms with Gasteiger partial charge in [-0.1, -0.05) is 50.2 Å². The molecule has 0 heterocycles. The van der Waals surface area contributed by atoms with Crippen LogP contribution < -0.4 is 4.72 Å². The highest BCUT2D eigenvalue weighted by molar-refractivity contribution is 7.89. The van der Waals surface area contributed by atoms with Gasteiger partial charge in [-0.15, -0.1) is 0 Å². The van der Waals surface area contributed by atoms with Gasteiger partial charge in [0, 0.05) is 6.54 Å². The second-order valence-electron chi connectivity index (χ2n) is 5.85. The van der Waals surface area contributed by atoms with Crippen LogP contribution in [0.5, 0.6) is 0 Å². The Morgan fingerprint density at radius 2 is 1.70 bits per heavy atom. The number of rotatable bonds is 7. The Balaban J connectivity index is 1.99. The minimum Gasteiger partial charge on any atom is -0.392 e. The Labute approximate surface area is 138 Å². The number of hydrogen-bond donors (Lipinski definition) is 2. The third-order valence-corrected chi connectivity index (χ3v) is 5.21. The molecule has 2 rings (SSSR count). The highest BCUT2D eigenvalue weighted by atomic mass is 32.2. The van der Waals surface area contributed by atoms with E-state index in [2.05, 4.69) is 4.72 Å². The normalized spacial score (nSPS) is 11.8. The molecule has 0 bridgehead atoms. The maximum Gasteiger partial charge on any atom is 0.240 e. The SMILES string of the molecule is CC(C)c1cccc(S(=O)(=O)NCCc2ccc(CO)cc2)c1. The second kappa shape index (κ2) is 7.73. The molecule has 124 valence electrons. The molecule has 2 aromatic carbocycles. The van der Waals surface area contributed by atoms with Crippen LogP contribution in [-0.2, 0) is 23.1 Å². The molecule has 0 radical (unpaired) electrons. The molecule has 2 N–H and O–H groups in total. The summed E-state index contributed by atoms with van der Waals surface area (Å²) < 4.78 is 27.3. The number of benzene rings is 2. The molecule has 5 heteroatoms. The molecular weight excluding hydrogens is 310 g/mol. The van der Waals surface area contributed by atoms with Crippen LogP contribution in [0, 0.1) is 0 Å². The summed E-state index contributed by atoms with van der Waals surface area (Å²) in [4.78, 5) is 0.305. The lowest BCUT2D eigenvalue weighted by Gasteiger charge is -2.10. The van der Waals surface area contributed by atoms with Gasteiger partial charge < -0.3 is 5.11 Å². The summed E-state index contributed by atoms with van der Waals surface area (Å²) in [6.07, 6.45) is 0.606. The van der Waals surface area contributed by atoms with Crippen molar-refractivity contribution in [2.75, 3.05) is 6.54 Å². The van der Waals surface area contributed by atoms with Crippen LogP contribution in [0.15, 0.2) is 53.4 Å². The Hall–Kier alpha value is -1.69. The number of hydrogen-bond acceptors (Lipinski definition) is 3. The molecule has 0 aliphatic carbocycles. The predicted molar refractivity (Wildman–Crippen MR) is 91.8 cm³/mol. The van der Waals surface area contributed by atoms with Crippen LogP contribution in [0.4, 0.5) is 0 Å². The smallest absolute Gasteiger partial charge is 0.240 e. The molecule has 0 fully saturated rings. The summed E-state index contributed by atoms with van der Waals surface area (Å²) in [6, 6.07) is 14.5. The summed E-state index contributed by atoms with van der Waals surface area (Å²) in [5.74, 6) is 0.287. The van der Waals surface area contributed by atoms with E-state index in [1.165, 1.54) is 0 Å². The van der Waals surface area contributed by atoms with Crippen molar-refractivity contribution in [1.29, 1.82) is 0 Å². The molecule has 0 aromatic heterocycles. The summed E-state index contributed by atoms with van der Waals surface area (Å²) in [6.45, 7) is 4.43. The van der Waals surface area contributed by atoms with Gasteiger partial charge in [0.15, 0.2) is 0 Å². The first kappa shape index (κ1) is 17.7. The largest absolute Gasteiger partial charge is 0.392 e. The predicted octanol–water partition coefficient (Wildman–Crippen LogP) is 2.82. The molecule has 0 aliphatic heterocycles. The monoisotopic (exact) mass is 333 g/mol. The van der Waals surface area contributed by atoms with Crippen molar-refractivity contribution in [2.24, 2.45) is 0 Å². The van der Waals surface area contributed by atoms with Gasteiger partial charge in [0.2, 0.25) is 10.0 Å². The van der Waals surface area contributed by atoms with Crippen molar-refractivity contribution in [3.63, 3.8) is 0 Å². The fraction of sp³-hybridized carbons (Fsp3) is 0.333. The van der Waals surface area contributed by atoms with E-state index in [0.29, 0.717) is 17.9 Å². The highest BCUT2D eigenvalue weighted by Gasteiger charge is 2.14. The maximum absolute atomic E-state index is 12.4. The van der Waals surface area contributed by atoms with Crippen molar-refractivity contribution >= 4 is 10.0 Å². The van der Waals surface area contributed by atoms with Gasteiger partial charge in [0.1, 0.15) is 0 Å². The van der Waals surface area contributed by atoms with E-state index in [9.17, 15) is 8.42 Å². The maximum atomic E-state index is 12.4. The number of nitrogens with one attached hydrogen (secondary N) is 1. The highest BCUT2D eigenvalue weighted by Crippen LogP contribution is 2.18. The number of sulfonamides is 1. The van der Waals surface area contributed by atoms with E-state index in [1.807, 2.05) is 44.2 Å². The van der Waals surface area contributed by atoms with Crippen molar-refractivity contribution in [3.05, 3.63) is 65.2 Å². The minimum absolute atomic E-state index is 0.0130. The zero-order chi connectivity index (χ0) is 16.9. The van der Waals surface area contributed by atoms with Gasteiger partial charge in [-0.25, -0.2) is 13.1 Å². The number of aliphatic hydroxyl groups is 1. The summed E-state index contributed by atoms with van der Waals surface area (Å²) in [7, 11) is -3.49. The van der Waals surface area contributed by atoms with Crippen LogP contribution in [0.25, 0.3) is 0 Å². The van der Waals surface area contributed by atoms with Gasteiger partial charge in [-0.05, 0) is 41.2 Å². The average Bonchev–Trinajstić information content (AvgIpc) is 2.55. The lowest BCUT2D eigenvalue weighted by atomic mass is 10.0. The second-order valence-corrected chi connectivity index (χ2v) is 7.62. The first-order valence-electron chi connectivity index (χ1n) is 7.70. The van der Waals surface area contributed by atoms with Crippen LogP contribution in [-0.4, -0.2) is 20.1 Å². The van der Waals surface area contributed by atoms with E-state index in [4.69, 9.17) is 5.11 Å². The summed E-state index contributed by atoms with van der Waals surface area (Å²) >= 11 is 0. The topological polar surface area (TPSA) is 66.4 Å². The Morgan fingerprint density at radius 3 is 2.30 bits per heavy atom. The molecule has 0 spiro atoms. The first-order valence-corrected chi connectivity index (χ1v) is 9.19. The van der Waals surface area contributed by atoms with Gasteiger partial charge in [0.25, 0.3) is 0 Å². The molecular formula is C18H23NO3S. The third kappa shape index (κ3) is 4.89. The fourth-order valence-corrected chi connectivity index (χ4v) is 3.35. The lowest BCUT2D eigenvalue weighted by Crippen LogP contribution is -2.26. The van der Waals surface area contributed by atoms with Crippen molar-refractivity contribution < 1.29 is 13.5 Å². The summed E-state index contributed by atoms with van der Waals surface area (Å²) in [5, 5.41) is 9.01. The Morgan fingerprint density at radius 1 is 1.04 bits per heavy atom. The standard InChI is InChI=1S/C18H23NO3S/c1-14(2)17-4-3-5-18(12-17)23(21,22)19-11-10-15-6-8-16(13-20)9-7-15/h3-9,12,14,19-20H,10-11,13H2,1-2H3. The van der Waals surface area contributed by atoms with Gasteiger partial charge in [-0.2, -0.15) is 0 Å². The van der Waals surface area contributed by atoms with E-state index in [-0.39, 0.29) is 12.5 Å². The fourth-order valence-electron chi connectivity index (χ4n) is 2.27. The van der Waals surface area contributed by atoms with E-state index >= 15 is 0 Å². The molecule has 0 saturated heterocycles. The average molecular weight is 333 g/mol. The van der Waals surface area contributed by atoms with E-state index < -0.39 is 10.0 Å². The van der Waals surface area contributed by atoms with Crippen LogP contribution in [0.2, 0.25) is 0 Å². The van der Waals surface area contributed by atoms with E-state index in [0.717, 1.165) is 16.7 Å². The molecule has 0 aliphatic rings. The van der Waals surface area contributed by atoms with Gasteiger partial charge >= 0.3 is 0 Å². The van der Waals surface area contributed by atoms with Crippen LogP contribution in [0.3, 0.4) is 0 Å². The summed E-state index contributed by atoms with van der Waals surface area (Å²) in [5.41, 5.74) is 2.88. The van der Waals surface area contributed by atoms with E-state index in [1.54, 1.807) is 18.2 Å². The Kier molecular flexibility index (Phi) is 5.93. The third-order valence-electron chi connectivity index (χ3n) is 3.75. The molecule has 0 saturated carbocycles. The quantitative estimate of drug-likeness (QED) is 0.819. The molecule has 2 aromatic rings. The van der Waals surface area contributed by atoms with Crippen molar-refractivity contribution in [1.82, 2.24) is 4.72 Å². The molecule has 4 nitrogen and oxygen atoms in total. The van der Waals surface area contributed by atoms with Gasteiger partial charge in [0.05, 0.1) is 11.5 Å². The minimum atomic E-state index is -3.49. The lowest BCUT2D eigenvalue weighted by molar-refractivity contribution is 0.282. The molecule has 0 unspecified atom stereocenters. The zero-order valence-corrected chi connectivity index (χ0v) is 14.3. The molecule has 0 amide bonds. The molecule has 0 atom stereocenters. The first-order chi connectivity index (χ1) is 10.9. The van der Waals surface area contributed by atoms with Crippen LogP contribution in [0.1, 0.15) is 36.5 Å². The van der Waals surface area contributed by atoms with Crippen molar-refractivity contribution in [3.8, 4) is 0 Å². The molecule has 23 heavy (non-hydrogen) atoms.